The Morgan fingerprint density at radius 3 is 2.36 bits per heavy atom. The van der Waals surface area contributed by atoms with Gasteiger partial charge in [0.25, 0.3) is 0 Å². The van der Waals surface area contributed by atoms with Crippen LogP contribution in [-0.4, -0.2) is 12.5 Å². The molecule has 1 aromatic heterocycles. The number of nitrogens with one attached hydrogen (secondary N) is 1. The lowest BCUT2D eigenvalue weighted by Gasteiger charge is -2.08. The number of nitrogens with zero attached hydrogens (tertiary/aromatic N) is 1. The lowest BCUT2D eigenvalue weighted by molar-refractivity contribution is -0.121. The summed E-state index contributed by atoms with van der Waals surface area (Å²) in [5.74, 6) is 0.875. The highest BCUT2D eigenvalue weighted by molar-refractivity contribution is 5.75. The van der Waals surface area contributed by atoms with E-state index in [-0.39, 0.29) is 30.9 Å². The maximum Gasteiger partial charge on any atom is 0.223 e. The Kier molecular flexibility index (Phi) is 6.21. The van der Waals surface area contributed by atoms with Crippen molar-refractivity contribution in [1.82, 2.24) is 5.32 Å². The van der Waals surface area contributed by atoms with E-state index >= 15 is 0 Å². The van der Waals surface area contributed by atoms with Gasteiger partial charge in [-0.25, -0.2) is 0 Å². The van der Waals surface area contributed by atoms with Crippen LogP contribution in [-0.2, 0) is 11.3 Å². The molecular weight excluding hydrogens is 356 g/mol. The molecule has 1 amide bonds. The zero-order valence-electron chi connectivity index (χ0n) is 15.1. The molecule has 0 fully saturated rings. The van der Waals surface area contributed by atoms with Crippen LogP contribution in [0.25, 0.3) is 11.1 Å². The molecule has 28 heavy (non-hydrogen) atoms. The molecule has 0 saturated carbocycles. The van der Waals surface area contributed by atoms with E-state index in [0.29, 0.717) is 17.1 Å². The Balaban J connectivity index is 1.45. The molecule has 0 saturated heterocycles. The van der Waals surface area contributed by atoms with Gasteiger partial charge in [0.05, 0.1) is 37.5 Å². The number of rotatable bonds is 7. The van der Waals surface area contributed by atoms with E-state index in [9.17, 15) is 9.59 Å². The van der Waals surface area contributed by atoms with Crippen molar-refractivity contribution in [2.24, 2.45) is 0 Å². The second-order valence-electron chi connectivity index (χ2n) is 6.02. The summed E-state index contributed by atoms with van der Waals surface area (Å²) in [6, 6.07) is 19.6. The van der Waals surface area contributed by atoms with Crippen molar-refractivity contribution in [2.75, 3.05) is 6.61 Å². The first kappa shape index (κ1) is 18.9. The average molecular weight is 374 g/mol. The SMILES string of the molecule is N#Cc1ccc(-c2ccc(OCCC(=O)NCc3cc(=O)cco3)cc2)cc1. The number of carbonyl (C=O) groups is 1. The summed E-state index contributed by atoms with van der Waals surface area (Å²) >= 11 is 0. The first-order valence-corrected chi connectivity index (χ1v) is 8.72. The van der Waals surface area contributed by atoms with Crippen molar-refractivity contribution in [3.8, 4) is 22.9 Å². The monoisotopic (exact) mass is 374 g/mol. The number of benzene rings is 2. The molecular formula is C22H18N2O4. The molecule has 0 aliphatic heterocycles. The summed E-state index contributed by atoms with van der Waals surface area (Å²) in [6.07, 6.45) is 1.49. The third-order valence-electron chi connectivity index (χ3n) is 4.01. The summed E-state index contributed by atoms with van der Waals surface area (Å²) in [4.78, 5) is 23.1. The second kappa shape index (κ2) is 9.19. The maximum absolute atomic E-state index is 11.8. The van der Waals surface area contributed by atoms with Gasteiger partial charge in [0.2, 0.25) is 5.91 Å². The van der Waals surface area contributed by atoms with Crippen LogP contribution in [0, 0.1) is 11.3 Å². The number of amides is 1. The molecule has 6 nitrogen and oxygen atoms in total. The number of hydrogen-bond donors (Lipinski definition) is 1. The van der Waals surface area contributed by atoms with Crippen LogP contribution >= 0.6 is 0 Å². The third kappa shape index (κ3) is 5.32. The van der Waals surface area contributed by atoms with Gasteiger partial charge in [0.1, 0.15) is 11.5 Å². The number of carbonyl (C=O) groups excluding carboxylic acids is 1. The Labute approximate surface area is 162 Å². The minimum Gasteiger partial charge on any atom is -0.493 e. The zero-order chi connectivity index (χ0) is 19.8. The summed E-state index contributed by atoms with van der Waals surface area (Å²) < 4.78 is 10.7. The summed E-state index contributed by atoms with van der Waals surface area (Å²) in [5.41, 5.74) is 2.48. The molecule has 0 aliphatic carbocycles. The van der Waals surface area contributed by atoms with Gasteiger partial charge in [-0.1, -0.05) is 24.3 Å². The van der Waals surface area contributed by atoms with Crippen LogP contribution in [0.15, 0.2) is 76.1 Å². The molecule has 2 aromatic carbocycles. The van der Waals surface area contributed by atoms with E-state index < -0.39 is 0 Å². The number of hydrogen-bond acceptors (Lipinski definition) is 5. The van der Waals surface area contributed by atoms with Gasteiger partial charge in [-0.2, -0.15) is 5.26 Å². The molecule has 3 rings (SSSR count). The molecule has 140 valence electrons. The van der Waals surface area contributed by atoms with Crippen molar-refractivity contribution in [3.05, 3.63) is 88.5 Å². The highest BCUT2D eigenvalue weighted by Crippen LogP contribution is 2.22. The first-order valence-electron chi connectivity index (χ1n) is 8.72. The minimum atomic E-state index is -0.194. The molecule has 1 N–H and O–H groups in total. The van der Waals surface area contributed by atoms with Gasteiger partial charge >= 0.3 is 0 Å². The topological polar surface area (TPSA) is 92.3 Å². The third-order valence-corrected chi connectivity index (χ3v) is 4.01. The smallest absolute Gasteiger partial charge is 0.223 e. The fourth-order valence-corrected chi connectivity index (χ4v) is 2.54. The van der Waals surface area contributed by atoms with Gasteiger partial charge in [0, 0.05) is 12.1 Å². The van der Waals surface area contributed by atoms with Crippen LogP contribution in [0.3, 0.4) is 0 Å². The fraction of sp³-hybridized carbons (Fsp3) is 0.136. The predicted octanol–water partition coefficient (Wildman–Crippen LogP) is 3.26. The molecule has 1 heterocycles. The minimum absolute atomic E-state index is 0.161. The maximum atomic E-state index is 11.8. The van der Waals surface area contributed by atoms with Crippen LogP contribution in [0.5, 0.6) is 5.75 Å². The van der Waals surface area contributed by atoms with E-state index in [2.05, 4.69) is 11.4 Å². The van der Waals surface area contributed by atoms with E-state index in [1.165, 1.54) is 18.4 Å². The Bertz CT molecular complexity index is 1030. The van der Waals surface area contributed by atoms with Crippen molar-refractivity contribution in [2.45, 2.75) is 13.0 Å². The van der Waals surface area contributed by atoms with E-state index in [1.807, 2.05) is 36.4 Å². The molecule has 0 unspecified atom stereocenters. The Hall–Kier alpha value is -3.85. The van der Waals surface area contributed by atoms with Crippen LogP contribution in [0.4, 0.5) is 0 Å². The van der Waals surface area contributed by atoms with E-state index in [0.717, 1.165) is 11.1 Å². The lowest BCUT2D eigenvalue weighted by Crippen LogP contribution is -2.24. The molecule has 6 heteroatoms. The standard InChI is InChI=1S/C22H18N2O4/c23-14-16-1-3-17(4-2-16)18-5-7-20(8-6-18)27-12-10-22(26)24-15-21-13-19(25)9-11-28-21/h1-9,11,13H,10,12,15H2,(H,24,26). The molecule has 0 radical (unpaired) electrons. The highest BCUT2D eigenvalue weighted by Gasteiger charge is 2.04. The quantitative estimate of drug-likeness (QED) is 0.685. The Morgan fingerprint density at radius 1 is 1.04 bits per heavy atom. The zero-order valence-corrected chi connectivity index (χ0v) is 15.1. The molecule has 0 atom stereocenters. The average Bonchev–Trinajstić information content (AvgIpc) is 2.73. The first-order chi connectivity index (χ1) is 13.6. The largest absolute Gasteiger partial charge is 0.493 e. The van der Waals surface area contributed by atoms with E-state index in [4.69, 9.17) is 14.4 Å². The normalized spacial score (nSPS) is 10.1. The summed E-state index contributed by atoms with van der Waals surface area (Å²) in [6.45, 7) is 0.398. The van der Waals surface area contributed by atoms with Gasteiger partial charge in [0.15, 0.2) is 5.43 Å². The van der Waals surface area contributed by atoms with E-state index in [1.54, 1.807) is 12.1 Å². The molecule has 3 aromatic rings. The van der Waals surface area contributed by atoms with Crippen LogP contribution in [0.1, 0.15) is 17.7 Å². The van der Waals surface area contributed by atoms with Crippen molar-refractivity contribution >= 4 is 5.91 Å². The van der Waals surface area contributed by atoms with Crippen LogP contribution in [0.2, 0.25) is 0 Å². The lowest BCUT2D eigenvalue weighted by atomic mass is 10.0. The molecule has 0 bridgehead atoms. The molecule has 0 aliphatic rings. The van der Waals surface area contributed by atoms with Gasteiger partial charge in [-0.3, -0.25) is 9.59 Å². The summed E-state index contributed by atoms with van der Waals surface area (Å²) in [7, 11) is 0. The van der Waals surface area contributed by atoms with Crippen molar-refractivity contribution in [3.63, 3.8) is 0 Å². The summed E-state index contributed by atoms with van der Waals surface area (Å²) in [5, 5.41) is 11.5. The van der Waals surface area contributed by atoms with Gasteiger partial charge in [-0.05, 0) is 35.4 Å². The van der Waals surface area contributed by atoms with Crippen molar-refractivity contribution in [1.29, 1.82) is 5.26 Å². The second-order valence-corrected chi connectivity index (χ2v) is 6.02. The van der Waals surface area contributed by atoms with Crippen molar-refractivity contribution < 1.29 is 13.9 Å². The Morgan fingerprint density at radius 2 is 1.71 bits per heavy atom. The predicted molar refractivity (Wildman–Crippen MR) is 104 cm³/mol. The fourth-order valence-electron chi connectivity index (χ4n) is 2.54. The van der Waals surface area contributed by atoms with Gasteiger partial charge in [-0.15, -0.1) is 0 Å². The molecule has 0 spiro atoms. The van der Waals surface area contributed by atoms with Crippen LogP contribution < -0.4 is 15.5 Å². The number of ether oxygens (including phenoxy) is 1. The van der Waals surface area contributed by atoms with Gasteiger partial charge < -0.3 is 14.5 Å². The number of nitriles is 1. The highest BCUT2D eigenvalue weighted by atomic mass is 16.5.